The molecule has 0 atom stereocenters. The first-order valence-electron chi connectivity index (χ1n) is 18.9. The number of hydrogen-bond donors (Lipinski definition) is 7. The Balaban J connectivity index is 0.00000352. The number of aromatic hydroxyl groups is 1. The van der Waals surface area contributed by atoms with Crippen molar-refractivity contribution in [3.8, 4) is 17.2 Å². The average Bonchev–Trinajstić information content (AvgIpc) is 3.28. The summed E-state index contributed by atoms with van der Waals surface area (Å²) in [6.45, 7) is 0. The van der Waals surface area contributed by atoms with Crippen LogP contribution in [0.5, 0.6) is 17.2 Å². The van der Waals surface area contributed by atoms with Gasteiger partial charge in [0.15, 0.2) is 5.75 Å². The van der Waals surface area contributed by atoms with Crippen LogP contribution in [0.1, 0.15) is 10.4 Å². The molecule has 0 saturated heterocycles. The summed E-state index contributed by atoms with van der Waals surface area (Å²) in [6, 6.07) is 21.5. The number of benzene rings is 7. The summed E-state index contributed by atoms with van der Waals surface area (Å²) in [6.07, 6.45) is 0. The number of ether oxygens (including phenoxy) is 2. The minimum absolute atomic E-state index is 0. The van der Waals surface area contributed by atoms with E-state index < -0.39 is 83.1 Å². The third-order valence-electron chi connectivity index (χ3n) is 9.78. The molecule has 0 aliphatic rings. The largest absolute Gasteiger partial charge is 0.505 e. The van der Waals surface area contributed by atoms with E-state index in [4.69, 9.17) is 15.2 Å². The number of anilines is 2. The van der Waals surface area contributed by atoms with Crippen LogP contribution in [0.3, 0.4) is 0 Å². The number of rotatable bonds is 14. The Morgan fingerprint density at radius 3 is 1.52 bits per heavy atom. The number of nitrogens with one attached hydrogen (secondary N) is 1. The van der Waals surface area contributed by atoms with Crippen LogP contribution in [-0.4, -0.2) is 195 Å². The van der Waals surface area contributed by atoms with Gasteiger partial charge in [0.1, 0.15) is 44.0 Å². The summed E-state index contributed by atoms with van der Waals surface area (Å²) >= 11 is 0. The number of azo groups is 3. The number of hydrogen-bond acceptors (Lipinski definition) is 19. The quantitative estimate of drug-likeness (QED) is 0.0244. The molecule has 4 radical (unpaired) electrons. The molecule has 7 rings (SSSR count). The summed E-state index contributed by atoms with van der Waals surface area (Å²) in [4.78, 5) is 9.80. The van der Waals surface area contributed by atoms with Gasteiger partial charge < -0.3 is 25.6 Å². The van der Waals surface area contributed by atoms with Gasteiger partial charge in [-0.3, -0.25) is 23.0 Å². The van der Waals surface area contributed by atoms with E-state index >= 15 is 0 Å². The molecule has 1 amide bonds. The zero-order chi connectivity index (χ0) is 50.2. The van der Waals surface area contributed by atoms with Crippen molar-refractivity contribution in [1.82, 2.24) is 0 Å². The fourth-order valence-corrected chi connectivity index (χ4v) is 8.74. The third kappa shape index (κ3) is 15.0. The van der Waals surface area contributed by atoms with Crippen molar-refractivity contribution in [3.63, 3.8) is 0 Å². The van der Waals surface area contributed by atoms with Crippen LogP contribution >= 0.6 is 0 Å². The van der Waals surface area contributed by atoms with Gasteiger partial charge in [0.25, 0.3) is 46.4 Å². The second-order valence-electron chi connectivity index (χ2n) is 14.2. The Labute approximate surface area is 504 Å². The maximum Gasteiger partial charge on any atom is 0.296 e. The maximum absolute atomic E-state index is 12.9. The molecule has 360 valence electrons. The number of phenolic OH excluding ortho intramolecular Hbond substituents is 1. The number of amides is 1. The van der Waals surface area contributed by atoms with Gasteiger partial charge in [0, 0.05) is 163 Å². The van der Waals surface area contributed by atoms with Gasteiger partial charge in [-0.05, 0) is 90.3 Å². The SMILES string of the molecule is COc1cc(N=Nc2ccc(N=Nc3cc(S(=O)(=O)O)ccc3S(=O)(=O)O)c3ccc(S(=O)(=O)O)cc23)c(OC)cc1N=Nc1c(S(=O)(=O)O)cc2ccc(NC(=O)c3ccc(N)cc3)cc2c1O.[Na].[Na].[Na].[Na]. The molecule has 0 aliphatic carbocycles. The van der Waals surface area contributed by atoms with E-state index in [9.17, 15) is 61.8 Å². The van der Waals surface area contributed by atoms with Gasteiger partial charge in [0.2, 0.25) is 0 Å². The van der Waals surface area contributed by atoms with Crippen molar-refractivity contribution in [2.45, 2.75) is 19.6 Å². The third-order valence-corrected chi connectivity index (χ3v) is 13.2. The molecule has 0 aliphatic heterocycles. The Morgan fingerprint density at radius 1 is 0.493 bits per heavy atom. The monoisotopic (exact) mass is 1110 g/mol. The smallest absolute Gasteiger partial charge is 0.296 e. The summed E-state index contributed by atoms with van der Waals surface area (Å²) < 4.78 is 147. The van der Waals surface area contributed by atoms with Crippen LogP contribution < -0.4 is 20.5 Å². The predicted octanol–water partition coefficient (Wildman–Crippen LogP) is 7.26. The maximum atomic E-state index is 12.9. The zero-order valence-electron chi connectivity index (χ0n) is 39.0. The first-order chi connectivity index (χ1) is 32.3. The van der Waals surface area contributed by atoms with Gasteiger partial charge >= 0.3 is 0 Å². The normalized spacial score (nSPS) is 12.0. The number of carbonyl (C=O) groups excluding carboxylic acids is 1. The first kappa shape index (κ1) is 63.5. The number of methoxy groups -OCH3 is 2. The van der Waals surface area contributed by atoms with Gasteiger partial charge in [-0.2, -0.15) is 33.7 Å². The van der Waals surface area contributed by atoms with Gasteiger partial charge in [0.05, 0.1) is 35.4 Å². The van der Waals surface area contributed by atoms with E-state index in [1.165, 1.54) is 87.0 Å². The molecule has 0 spiro atoms. The van der Waals surface area contributed by atoms with Crippen molar-refractivity contribution >= 4 is 232 Å². The molecule has 8 N–H and O–H groups in total. The molecule has 7 aromatic carbocycles. The molecule has 7 aromatic rings. The van der Waals surface area contributed by atoms with Crippen molar-refractivity contribution in [1.29, 1.82) is 0 Å². The predicted molar refractivity (Wildman–Crippen MR) is 269 cm³/mol. The Kier molecular flexibility index (Phi) is 22.0. The summed E-state index contributed by atoms with van der Waals surface area (Å²) in [5.41, 5.74) is 4.87. The van der Waals surface area contributed by atoms with E-state index in [1.54, 1.807) is 0 Å². The first-order valence-corrected chi connectivity index (χ1v) is 24.7. The summed E-state index contributed by atoms with van der Waals surface area (Å²) in [5, 5.41) is 38.5. The molecule has 0 bridgehead atoms. The molecular formula is C41H32N8Na4O16S4. The van der Waals surface area contributed by atoms with Crippen LogP contribution in [0.2, 0.25) is 0 Å². The number of fused-ring (bicyclic) bond motifs is 2. The van der Waals surface area contributed by atoms with Crippen LogP contribution in [0.15, 0.2) is 159 Å². The fourth-order valence-electron chi connectivity index (χ4n) is 6.48. The Hall–Kier alpha value is -3.83. The molecule has 0 heterocycles. The molecule has 32 heteroatoms. The molecule has 24 nitrogen and oxygen atoms in total. The van der Waals surface area contributed by atoms with E-state index in [0.717, 1.165) is 18.2 Å². The van der Waals surface area contributed by atoms with Crippen molar-refractivity contribution < 1.29 is 71.3 Å². The number of nitrogen functional groups attached to an aromatic ring is 1. The van der Waals surface area contributed by atoms with Crippen LogP contribution in [0, 0.1) is 0 Å². The molecule has 0 unspecified atom stereocenters. The van der Waals surface area contributed by atoms with Crippen molar-refractivity contribution in [3.05, 3.63) is 115 Å². The molecule has 0 aromatic heterocycles. The zero-order valence-corrected chi connectivity index (χ0v) is 50.3. The molecular weight excluding hydrogens is 1080 g/mol. The van der Waals surface area contributed by atoms with Crippen molar-refractivity contribution in [2.24, 2.45) is 30.7 Å². The number of nitrogens with zero attached hydrogens (tertiary/aromatic N) is 6. The minimum atomic E-state index is -5.04. The summed E-state index contributed by atoms with van der Waals surface area (Å²) in [5.74, 6) is -1.39. The molecule has 73 heavy (non-hydrogen) atoms. The average molecular weight is 1110 g/mol. The summed E-state index contributed by atoms with van der Waals surface area (Å²) in [7, 11) is -17.3. The van der Waals surface area contributed by atoms with E-state index in [1.807, 2.05) is 0 Å². The number of carbonyl (C=O) groups is 1. The standard InChI is InChI=1S/C41H32N8O16S4.4Na/c1-64-35-20-33(47-49-39-38(69(61,62)63)15-22-5-8-24(16-28(22)40(39)50)43-41(51)21-3-6-23(42)7-4-21)36(65-2)19-32(35)46-45-31-13-12-30(27-11-9-25(17-29(27)31)66(52,53)54)44-48-34-18-26(67(55,56)57)10-14-37(34)68(58,59)60;;;;/h3-20,50H,42H2,1-2H3,(H,43,51)(H,52,53,54)(H,55,56,57)(H,58,59,60)(H,61,62,63);;;;. The van der Waals surface area contributed by atoms with E-state index in [-0.39, 0.29) is 185 Å². The van der Waals surface area contributed by atoms with Crippen LogP contribution in [0.4, 0.5) is 45.5 Å². The van der Waals surface area contributed by atoms with Gasteiger partial charge in [-0.15, -0.1) is 30.7 Å². The second kappa shape index (κ2) is 25.3. The van der Waals surface area contributed by atoms with E-state index in [2.05, 4.69) is 36.0 Å². The number of nitrogens with two attached hydrogens (primary N) is 1. The molecule has 0 fully saturated rings. The topological polar surface area (TPSA) is 385 Å². The van der Waals surface area contributed by atoms with Gasteiger partial charge in [-0.1, -0.05) is 12.1 Å². The molecule has 0 saturated carbocycles. The van der Waals surface area contributed by atoms with Crippen LogP contribution in [0.25, 0.3) is 21.5 Å². The van der Waals surface area contributed by atoms with Crippen LogP contribution in [-0.2, 0) is 40.5 Å². The Bertz CT molecular complexity index is 3860. The number of phenols is 1. The van der Waals surface area contributed by atoms with E-state index in [0.29, 0.717) is 23.9 Å². The minimum Gasteiger partial charge on any atom is -0.505 e. The van der Waals surface area contributed by atoms with Gasteiger partial charge in [-0.25, -0.2) is 0 Å². The fraction of sp³-hybridized carbons (Fsp3) is 0.0488. The Morgan fingerprint density at radius 2 is 0.986 bits per heavy atom. The van der Waals surface area contributed by atoms with Crippen molar-refractivity contribution in [2.75, 3.05) is 25.3 Å². The second-order valence-corrected chi connectivity index (χ2v) is 19.8.